The molecule has 3 aromatic rings. The first-order valence-electron chi connectivity index (χ1n) is 5.21. The number of rotatable bonds is 2. The van der Waals surface area contributed by atoms with Gasteiger partial charge in [0.2, 0.25) is 0 Å². The predicted octanol–water partition coefficient (Wildman–Crippen LogP) is 3.80. The largest absolute Gasteiger partial charge is 0.244 e. The smallest absolute Gasteiger partial charge is 0.154 e. The van der Waals surface area contributed by atoms with Gasteiger partial charge in [0, 0.05) is 10.8 Å². The molecule has 7 heteroatoms. The Balaban J connectivity index is 2.02. The van der Waals surface area contributed by atoms with Crippen molar-refractivity contribution in [1.82, 2.24) is 15.0 Å². The highest BCUT2D eigenvalue weighted by Gasteiger charge is 2.09. The van der Waals surface area contributed by atoms with Gasteiger partial charge in [0.15, 0.2) is 8.71 Å². The maximum atomic E-state index is 8.80. The molecule has 0 amide bonds. The van der Waals surface area contributed by atoms with Crippen molar-refractivity contribution in [2.24, 2.45) is 0 Å². The van der Waals surface area contributed by atoms with Gasteiger partial charge < -0.3 is 0 Å². The monoisotopic (exact) mass is 396 g/mol. The molecule has 3 heterocycles. The fourth-order valence-corrected chi connectivity index (χ4v) is 3.40. The van der Waals surface area contributed by atoms with Crippen LogP contribution in [0.5, 0.6) is 0 Å². The molecule has 92 valence electrons. The summed E-state index contributed by atoms with van der Waals surface area (Å²) in [6, 6.07) is 7.77. The fourth-order valence-electron chi connectivity index (χ4n) is 1.51. The first-order chi connectivity index (χ1) is 9.26. The van der Waals surface area contributed by atoms with E-state index in [0.29, 0.717) is 5.69 Å². The average molecular weight is 396 g/mol. The van der Waals surface area contributed by atoms with Crippen LogP contribution in [0.15, 0.2) is 29.0 Å². The first-order valence-corrected chi connectivity index (χ1v) is 8.04. The third-order valence-corrected chi connectivity index (χ3v) is 4.82. The highest BCUT2D eigenvalue weighted by Crippen LogP contribution is 2.26. The lowest BCUT2D eigenvalue weighted by atomic mass is 10.2. The normalized spacial score (nSPS) is 10.3. The molecule has 3 rings (SSSR count). The van der Waals surface area contributed by atoms with E-state index in [0.717, 1.165) is 25.1 Å². The highest BCUT2D eigenvalue weighted by molar-refractivity contribution is 14.1. The summed E-state index contributed by atoms with van der Waals surface area (Å²) in [6.07, 6.45) is 0. The van der Waals surface area contributed by atoms with Crippen LogP contribution in [0, 0.1) is 14.3 Å². The summed E-state index contributed by atoms with van der Waals surface area (Å²) in [6.45, 7) is 0. The average Bonchev–Trinajstić information content (AvgIpc) is 3.07. The molecule has 4 nitrogen and oxygen atoms in total. The van der Waals surface area contributed by atoms with E-state index < -0.39 is 0 Å². The zero-order valence-corrected chi connectivity index (χ0v) is 13.2. The van der Waals surface area contributed by atoms with E-state index in [4.69, 9.17) is 5.26 Å². The minimum atomic E-state index is 0.426. The van der Waals surface area contributed by atoms with Crippen LogP contribution in [-0.4, -0.2) is 15.0 Å². The third kappa shape index (κ3) is 2.65. The molecule has 0 bridgehead atoms. The van der Waals surface area contributed by atoms with E-state index in [1.54, 1.807) is 16.7 Å². The van der Waals surface area contributed by atoms with Gasteiger partial charge >= 0.3 is 0 Å². The second-order valence-electron chi connectivity index (χ2n) is 3.54. The second kappa shape index (κ2) is 5.32. The lowest BCUT2D eigenvalue weighted by Crippen LogP contribution is -1.88. The van der Waals surface area contributed by atoms with Crippen LogP contribution in [0.2, 0.25) is 0 Å². The van der Waals surface area contributed by atoms with E-state index >= 15 is 0 Å². The van der Waals surface area contributed by atoms with Crippen molar-refractivity contribution in [3.05, 3.63) is 37.7 Å². The summed E-state index contributed by atoms with van der Waals surface area (Å²) < 4.78 is 0.987. The highest BCUT2D eigenvalue weighted by atomic mass is 127. The quantitative estimate of drug-likeness (QED) is 0.619. The van der Waals surface area contributed by atoms with E-state index in [2.05, 4.69) is 37.5 Å². The molecule has 0 N–H and O–H groups in total. The van der Waals surface area contributed by atoms with Crippen LogP contribution >= 0.6 is 45.3 Å². The van der Waals surface area contributed by atoms with Gasteiger partial charge in [-0.1, -0.05) is 6.07 Å². The van der Waals surface area contributed by atoms with Gasteiger partial charge in [0.25, 0.3) is 0 Å². The third-order valence-electron chi connectivity index (χ3n) is 2.33. The molecular weight excluding hydrogens is 391 g/mol. The number of hydrogen-bond donors (Lipinski definition) is 0. The molecule has 0 saturated carbocycles. The topological polar surface area (TPSA) is 62.5 Å². The molecule has 0 spiro atoms. The molecule has 0 aliphatic rings. The Labute approximate surface area is 131 Å². The Morgan fingerprint density at radius 2 is 1.84 bits per heavy atom. The van der Waals surface area contributed by atoms with Gasteiger partial charge in [0.05, 0.1) is 11.4 Å². The van der Waals surface area contributed by atoms with E-state index in [-0.39, 0.29) is 0 Å². The number of nitrogens with zero attached hydrogens (tertiary/aromatic N) is 4. The van der Waals surface area contributed by atoms with Crippen LogP contribution in [0.3, 0.4) is 0 Å². The minimum Gasteiger partial charge on any atom is -0.244 e. The summed E-state index contributed by atoms with van der Waals surface area (Å²) >= 11 is 5.20. The second-order valence-corrected chi connectivity index (χ2v) is 7.01. The van der Waals surface area contributed by atoms with Gasteiger partial charge in [-0.15, -0.1) is 22.7 Å². The van der Waals surface area contributed by atoms with Crippen molar-refractivity contribution >= 4 is 45.3 Å². The number of halogens is 1. The van der Waals surface area contributed by atoms with Gasteiger partial charge in [-0.2, -0.15) is 5.26 Å². The van der Waals surface area contributed by atoms with E-state index in [1.807, 2.05) is 29.6 Å². The van der Waals surface area contributed by atoms with Crippen molar-refractivity contribution in [1.29, 1.82) is 5.26 Å². The number of pyridine rings is 1. The first kappa shape index (κ1) is 12.7. The van der Waals surface area contributed by atoms with Crippen LogP contribution in [0.4, 0.5) is 0 Å². The van der Waals surface area contributed by atoms with Crippen LogP contribution in [0.25, 0.3) is 22.1 Å². The standard InChI is InChI=1S/C12H5IN4S2/c13-12-17-10(6-19-12)8-2-1-3-9(16-8)11-15-7(4-14)5-18-11/h1-3,5-6H. The Bertz CT molecular complexity index is 772. The number of thiazole rings is 2. The summed E-state index contributed by atoms with van der Waals surface area (Å²) in [5.41, 5.74) is 2.89. The predicted molar refractivity (Wildman–Crippen MR) is 83.9 cm³/mol. The molecule has 0 aliphatic carbocycles. The number of hydrogen-bond acceptors (Lipinski definition) is 6. The number of aromatic nitrogens is 3. The van der Waals surface area contributed by atoms with Gasteiger partial charge in [0.1, 0.15) is 16.8 Å². The summed E-state index contributed by atoms with van der Waals surface area (Å²) in [4.78, 5) is 13.2. The van der Waals surface area contributed by atoms with Gasteiger partial charge in [-0.25, -0.2) is 15.0 Å². The Morgan fingerprint density at radius 3 is 2.53 bits per heavy atom. The lowest BCUT2D eigenvalue weighted by Gasteiger charge is -1.99. The molecule has 0 atom stereocenters. The Kier molecular flexibility index (Phi) is 3.54. The fraction of sp³-hybridized carbons (Fsp3) is 0. The minimum absolute atomic E-state index is 0.426. The lowest BCUT2D eigenvalue weighted by molar-refractivity contribution is 1.24. The van der Waals surface area contributed by atoms with Gasteiger partial charge in [-0.3, -0.25) is 0 Å². The van der Waals surface area contributed by atoms with Crippen molar-refractivity contribution < 1.29 is 0 Å². The maximum Gasteiger partial charge on any atom is 0.154 e. The summed E-state index contributed by atoms with van der Waals surface area (Å²) in [5.74, 6) is 0. The zero-order chi connectivity index (χ0) is 13.2. The van der Waals surface area contributed by atoms with Crippen LogP contribution < -0.4 is 0 Å². The zero-order valence-electron chi connectivity index (χ0n) is 9.37. The molecule has 0 fully saturated rings. The van der Waals surface area contributed by atoms with Crippen molar-refractivity contribution in [3.63, 3.8) is 0 Å². The van der Waals surface area contributed by atoms with Gasteiger partial charge in [-0.05, 0) is 34.7 Å². The molecular formula is C12H5IN4S2. The molecule has 0 aromatic carbocycles. The molecule has 0 unspecified atom stereocenters. The van der Waals surface area contributed by atoms with Crippen LogP contribution in [-0.2, 0) is 0 Å². The molecule has 0 saturated heterocycles. The molecule has 0 aliphatic heterocycles. The molecule has 3 aromatic heterocycles. The summed E-state index contributed by atoms with van der Waals surface area (Å²) in [7, 11) is 0. The number of nitriles is 1. The van der Waals surface area contributed by atoms with Crippen molar-refractivity contribution in [3.8, 4) is 28.2 Å². The Morgan fingerprint density at radius 1 is 1.00 bits per heavy atom. The van der Waals surface area contributed by atoms with Crippen molar-refractivity contribution in [2.45, 2.75) is 0 Å². The van der Waals surface area contributed by atoms with E-state index in [1.165, 1.54) is 11.3 Å². The van der Waals surface area contributed by atoms with E-state index in [9.17, 15) is 0 Å². The molecule has 19 heavy (non-hydrogen) atoms. The Hall–Kier alpha value is -1.37. The maximum absolute atomic E-state index is 8.80. The van der Waals surface area contributed by atoms with Crippen molar-refractivity contribution in [2.75, 3.05) is 0 Å². The summed E-state index contributed by atoms with van der Waals surface area (Å²) in [5, 5.41) is 13.3. The van der Waals surface area contributed by atoms with Crippen LogP contribution in [0.1, 0.15) is 5.69 Å². The molecule has 0 radical (unpaired) electrons. The SMILES string of the molecule is N#Cc1csc(-c2cccc(-c3csc(I)n3)n2)n1.